The normalized spacial score (nSPS) is 16.7. The maximum absolute atomic E-state index is 12.9. The Morgan fingerprint density at radius 3 is 2.75 bits per heavy atom. The summed E-state index contributed by atoms with van der Waals surface area (Å²) in [4.78, 5) is 28.0. The number of carbonyl (C=O) groups is 2. The fourth-order valence-electron chi connectivity index (χ4n) is 2.74. The zero-order valence-corrected chi connectivity index (χ0v) is 14.7. The molecular formula is C18H26N2O4. The Bertz CT molecular complexity index is 568. The third-order valence-electron chi connectivity index (χ3n) is 4.16. The molecule has 1 aromatic rings. The van der Waals surface area contributed by atoms with Crippen molar-refractivity contribution < 1.29 is 19.1 Å². The Morgan fingerprint density at radius 2 is 2.12 bits per heavy atom. The van der Waals surface area contributed by atoms with E-state index in [-0.39, 0.29) is 24.4 Å². The minimum Gasteiger partial charge on any atom is -0.469 e. The van der Waals surface area contributed by atoms with Crippen LogP contribution in [0.1, 0.15) is 29.6 Å². The molecule has 0 aliphatic carbocycles. The lowest BCUT2D eigenvalue weighted by molar-refractivity contribution is -0.140. The van der Waals surface area contributed by atoms with E-state index in [9.17, 15) is 9.59 Å². The second-order valence-electron chi connectivity index (χ2n) is 6.16. The zero-order chi connectivity index (χ0) is 17.5. The molecule has 132 valence electrons. The van der Waals surface area contributed by atoms with Crippen LogP contribution >= 0.6 is 0 Å². The van der Waals surface area contributed by atoms with Crippen LogP contribution < -0.4 is 4.90 Å². The zero-order valence-electron chi connectivity index (χ0n) is 14.7. The standard InChI is InChI=1S/C18H26N2O4/c1-19(2)15-7-4-6-14(12-15)18(22)20(10-9-17(21)23-3)13-16-8-5-11-24-16/h4,6-7,12,16H,5,8-11,13H2,1-3H3. The van der Waals surface area contributed by atoms with Crippen molar-refractivity contribution in [2.75, 3.05) is 45.8 Å². The van der Waals surface area contributed by atoms with Gasteiger partial charge in [0, 0.05) is 45.0 Å². The number of hydrogen-bond donors (Lipinski definition) is 0. The van der Waals surface area contributed by atoms with Gasteiger partial charge in [-0.15, -0.1) is 0 Å². The summed E-state index contributed by atoms with van der Waals surface area (Å²) in [5, 5.41) is 0. The Morgan fingerprint density at radius 1 is 1.33 bits per heavy atom. The highest BCUT2D eigenvalue weighted by Gasteiger charge is 2.24. The minimum absolute atomic E-state index is 0.0450. The first kappa shape index (κ1) is 18.3. The summed E-state index contributed by atoms with van der Waals surface area (Å²) in [6.07, 6.45) is 2.19. The molecule has 1 heterocycles. The molecule has 0 bridgehead atoms. The van der Waals surface area contributed by atoms with Crippen LogP contribution in [0.2, 0.25) is 0 Å². The molecule has 2 rings (SSSR count). The summed E-state index contributed by atoms with van der Waals surface area (Å²) >= 11 is 0. The van der Waals surface area contributed by atoms with Crippen LogP contribution in [0.15, 0.2) is 24.3 Å². The van der Waals surface area contributed by atoms with E-state index in [2.05, 4.69) is 0 Å². The molecule has 0 radical (unpaired) electrons. The number of benzene rings is 1. The van der Waals surface area contributed by atoms with Gasteiger partial charge in [-0.1, -0.05) is 6.07 Å². The second kappa shape index (κ2) is 8.68. The molecule has 1 fully saturated rings. The van der Waals surface area contributed by atoms with Gasteiger partial charge < -0.3 is 19.3 Å². The fourth-order valence-corrected chi connectivity index (χ4v) is 2.74. The van der Waals surface area contributed by atoms with Gasteiger partial charge in [-0.2, -0.15) is 0 Å². The van der Waals surface area contributed by atoms with Crippen molar-refractivity contribution in [1.82, 2.24) is 4.90 Å². The minimum atomic E-state index is -0.317. The van der Waals surface area contributed by atoms with Gasteiger partial charge in [-0.05, 0) is 31.0 Å². The SMILES string of the molecule is COC(=O)CCN(CC1CCCO1)C(=O)c1cccc(N(C)C)c1. The molecule has 1 aliphatic rings. The third-order valence-corrected chi connectivity index (χ3v) is 4.16. The highest BCUT2D eigenvalue weighted by Crippen LogP contribution is 2.18. The summed E-state index contributed by atoms with van der Waals surface area (Å²) in [5.74, 6) is -0.403. The molecule has 24 heavy (non-hydrogen) atoms. The smallest absolute Gasteiger partial charge is 0.307 e. The molecule has 1 aliphatic heterocycles. The summed E-state index contributed by atoms with van der Waals surface area (Å²) in [6.45, 7) is 1.57. The monoisotopic (exact) mass is 334 g/mol. The quantitative estimate of drug-likeness (QED) is 0.713. The fraction of sp³-hybridized carbons (Fsp3) is 0.556. The molecule has 1 amide bonds. The molecule has 1 saturated heterocycles. The Kier molecular flexibility index (Phi) is 6.61. The van der Waals surface area contributed by atoms with Crippen LogP contribution in [-0.2, 0) is 14.3 Å². The molecule has 6 nitrogen and oxygen atoms in total. The number of rotatable bonds is 7. The summed E-state index contributed by atoms with van der Waals surface area (Å²) in [7, 11) is 5.23. The van der Waals surface area contributed by atoms with Crippen LogP contribution in [0.25, 0.3) is 0 Å². The van der Waals surface area contributed by atoms with E-state index < -0.39 is 0 Å². The van der Waals surface area contributed by atoms with Crippen LogP contribution in [-0.4, -0.2) is 63.8 Å². The molecule has 1 atom stereocenters. The summed E-state index contributed by atoms with van der Waals surface area (Å²) < 4.78 is 10.3. The first-order valence-electron chi connectivity index (χ1n) is 8.26. The van der Waals surface area contributed by atoms with Crippen molar-refractivity contribution in [1.29, 1.82) is 0 Å². The molecule has 0 saturated carbocycles. The van der Waals surface area contributed by atoms with Gasteiger partial charge in [0.2, 0.25) is 0 Å². The highest BCUT2D eigenvalue weighted by atomic mass is 16.5. The van der Waals surface area contributed by atoms with E-state index in [1.807, 2.05) is 37.2 Å². The van der Waals surface area contributed by atoms with Crippen LogP contribution in [0.4, 0.5) is 5.69 Å². The van der Waals surface area contributed by atoms with Gasteiger partial charge >= 0.3 is 5.97 Å². The number of anilines is 1. The van der Waals surface area contributed by atoms with Gasteiger partial charge in [-0.25, -0.2) is 0 Å². The molecule has 6 heteroatoms. The number of nitrogens with zero attached hydrogens (tertiary/aromatic N) is 2. The summed E-state index contributed by atoms with van der Waals surface area (Å²) in [5.41, 5.74) is 1.58. The molecular weight excluding hydrogens is 308 g/mol. The van der Waals surface area contributed by atoms with Gasteiger partial charge in [0.05, 0.1) is 19.6 Å². The van der Waals surface area contributed by atoms with E-state index in [1.165, 1.54) is 7.11 Å². The van der Waals surface area contributed by atoms with Gasteiger partial charge in [0.1, 0.15) is 0 Å². The second-order valence-corrected chi connectivity index (χ2v) is 6.16. The maximum Gasteiger partial charge on any atom is 0.307 e. The lowest BCUT2D eigenvalue weighted by Crippen LogP contribution is -2.39. The number of methoxy groups -OCH3 is 1. The van der Waals surface area contributed by atoms with E-state index in [4.69, 9.17) is 9.47 Å². The Hall–Kier alpha value is -2.08. The molecule has 1 aromatic carbocycles. The highest BCUT2D eigenvalue weighted by molar-refractivity contribution is 5.95. The van der Waals surface area contributed by atoms with Crippen molar-refractivity contribution in [2.24, 2.45) is 0 Å². The third kappa shape index (κ3) is 4.96. The largest absolute Gasteiger partial charge is 0.469 e. The first-order valence-corrected chi connectivity index (χ1v) is 8.26. The number of carbonyl (C=O) groups excluding carboxylic acids is 2. The summed E-state index contributed by atoms with van der Waals surface area (Å²) in [6, 6.07) is 7.49. The van der Waals surface area contributed by atoms with E-state index in [1.54, 1.807) is 11.0 Å². The van der Waals surface area contributed by atoms with Gasteiger partial charge in [-0.3, -0.25) is 9.59 Å². The number of hydrogen-bond acceptors (Lipinski definition) is 5. The van der Waals surface area contributed by atoms with E-state index >= 15 is 0 Å². The van der Waals surface area contributed by atoms with Crippen LogP contribution in [0.5, 0.6) is 0 Å². The van der Waals surface area contributed by atoms with Crippen LogP contribution in [0, 0.1) is 0 Å². The van der Waals surface area contributed by atoms with Gasteiger partial charge in [0.25, 0.3) is 5.91 Å². The molecule has 0 aromatic heterocycles. The molecule has 1 unspecified atom stereocenters. The van der Waals surface area contributed by atoms with E-state index in [0.717, 1.165) is 25.1 Å². The maximum atomic E-state index is 12.9. The van der Waals surface area contributed by atoms with Crippen molar-refractivity contribution in [2.45, 2.75) is 25.4 Å². The number of amides is 1. The molecule has 0 spiro atoms. The van der Waals surface area contributed by atoms with Crippen molar-refractivity contribution in [3.05, 3.63) is 29.8 Å². The lowest BCUT2D eigenvalue weighted by Gasteiger charge is -2.25. The Balaban J connectivity index is 2.12. The topological polar surface area (TPSA) is 59.1 Å². The predicted molar refractivity (Wildman–Crippen MR) is 92.3 cm³/mol. The molecule has 0 N–H and O–H groups in total. The first-order chi connectivity index (χ1) is 11.5. The van der Waals surface area contributed by atoms with Crippen LogP contribution in [0.3, 0.4) is 0 Å². The predicted octanol–water partition coefficient (Wildman–Crippen LogP) is 1.94. The average molecular weight is 334 g/mol. The van der Waals surface area contributed by atoms with Crippen molar-refractivity contribution in [3.8, 4) is 0 Å². The van der Waals surface area contributed by atoms with Gasteiger partial charge in [0.15, 0.2) is 0 Å². The van der Waals surface area contributed by atoms with Crippen molar-refractivity contribution in [3.63, 3.8) is 0 Å². The number of esters is 1. The van der Waals surface area contributed by atoms with E-state index in [0.29, 0.717) is 18.7 Å². The van der Waals surface area contributed by atoms with Crippen molar-refractivity contribution >= 4 is 17.6 Å². The lowest BCUT2D eigenvalue weighted by atomic mass is 10.1. The average Bonchev–Trinajstić information content (AvgIpc) is 3.10. The Labute approximate surface area is 143 Å². The number of ether oxygens (including phenoxy) is 2.